The van der Waals surface area contributed by atoms with E-state index in [1.807, 2.05) is 55.5 Å². The largest absolute Gasteiger partial charge is 0.459 e. The van der Waals surface area contributed by atoms with Gasteiger partial charge in [-0.3, -0.25) is 4.79 Å². The zero-order valence-electron chi connectivity index (χ0n) is 18.5. The number of ketones is 1. The predicted molar refractivity (Wildman–Crippen MR) is 124 cm³/mol. The quantitative estimate of drug-likeness (QED) is 0.652. The number of hydrogen-bond acceptors (Lipinski definition) is 4. The minimum absolute atomic E-state index is 0.0147. The number of ether oxygens (including phenoxy) is 1. The molecule has 0 bridgehead atoms. The highest BCUT2D eigenvalue weighted by Gasteiger charge is 2.41. The summed E-state index contributed by atoms with van der Waals surface area (Å²) in [5.41, 5.74) is 5.19. The number of hydrogen-bond donors (Lipinski definition) is 1. The van der Waals surface area contributed by atoms with Gasteiger partial charge in [0.05, 0.1) is 5.57 Å². The number of esters is 1. The minimum Gasteiger partial charge on any atom is -0.459 e. The standard InChI is InChI=1S/C28H29NO3/c1-18-25(28(31)32-22-14-8-9-15-22)26(20-12-6-3-7-13-20)27-23(29-18)16-21(17-24(27)30)19-10-4-2-5-11-19/h2-7,10-13,21-22,26,29H,8-9,14-17H2,1H3. The monoisotopic (exact) mass is 427 g/mol. The first-order valence-corrected chi connectivity index (χ1v) is 11.7. The van der Waals surface area contributed by atoms with Gasteiger partial charge in [-0.05, 0) is 56.1 Å². The normalized spacial score (nSPS) is 23.7. The van der Waals surface area contributed by atoms with Crippen molar-refractivity contribution in [2.45, 2.75) is 63.4 Å². The minimum atomic E-state index is -0.384. The van der Waals surface area contributed by atoms with Crippen molar-refractivity contribution in [3.05, 3.63) is 94.3 Å². The highest BCUT2D eigenvalue weighted by Crippen LogP contribution is 2.45. The van der Waals surface area contributed by atoms with Gasteiger partial charge in [0, 0.05) is 29.3 Å². The Kier molecular flexibility index (Phi) is 5.69. The fourth-order valence-corrected chi connectivity index (χ4v) is 5.47. The van der Waals surface area contributed by atoms with Crippen molar-refractivity contribution in [1.29, 1.82) is 0 Å². The molecule has 1 heterocycles. The molecule has 0 radical (unpaired) electrons. The summed E-state index contributed by atoms with van der Waals surface area (Å²) in [5.74, 6) is -0.419. The fourth-order valence-electron chi connectivity index (χ4n) is 5.47. The van der Waals surface area contributed by atoms with Crippen LogP contribution in [0.2, 0.25) is 0 Å². The molecule has 5 rings (SSSR count). The number of rotatable bonds is 4. The number of nitrogens with one attached hydrogen (secondary N) is 1. The first-order valence-electron chi connectivity index (χ1n) is 11.7. The summed E-state index contributed by atoms with van der Waals surface area (Å²) in [5, 5.41) is 3.44. The second-order valence-electron chi connectivity index (χ2n) is 9.15. The molecular weight excluding hydrogens is 398 g/mol. The SMILES string of the molecule is CC1=C(C(=O)OC2CCCC2)C(c2ccccc2)C2=C(CC(c3ccccc3)CC2=O)N1. The number of Topliss-reactive ketones (excluding diaryl/α,β-unsaturated/α-hetero) is 1. The number of carbonyl (C=O) groups excluding carboxylic acids is 2. The van der Waals surface area contributed by atoms with Crippen LogP contribution in [-0.2, 0) is 14.3 Å². The molecule has 0 aromatic heterocycles. The molecule has 32 heavy (non-hydrogen) atoms. The maximum Gasteiger partial charge on any atom is 0.337 e. The number of allylic oxidation sites excluding steroid dienone is 3. The third kappa shape index (κ3) is 3.90. The van der Waals surface area contributed by atoms with Crippen molar-refractivity contribution < 1.29 is 14.3 Å². The first-order chi connectivity index (χ1) is 15.6. The van der Waals surface area contributed by atoms with Crippen LogP contribution in [0.25, 0.3) is 0 Å². The van der Waals surface area contributed by atoms with Gasteiger partial charge < -0.3 is 10.1 Å². The summed E-state index contributed by atoms with van der Waals surface area (Å²) in [7, 11) is 0. The van der Waals surface area contributed by atoms with Crippen molar-refractivity contribution >= 4 is 11.8 Å². The Balaban J connectivity index is 1.53. The highest BCUT2D eigenvalue weighted by molar-refractivity contribution is 6.04. The van der Waals surface area contributed by atoms with E-state index in [2.05, 4.69) is 17.4 Å². The Labute approximate surface area is 189 Å². The molecule has 0 spiro atoms. The molecule has 2 aromatic carbocycles. The maximum absolute atomic E-state index is 13.5. The molecule has 2 unspecified atom stereocenters. The van der Waals surface area contributed by atoms with Gasteiger partial charge in [0.2, 0.25) is 0 Å². The van der Waals surface area contributed by atoms with E-state index >= 15 is 0 Å². The summed E-state index contributed by atoms with van der Waals surface area (Å²) >= 11 is 0. The summed E-state index contributed by atoms with van der Waals surface area (Å²) in [6.07, 6.45) is 5.25. The molecule has 2 aliphatic carbocycles. The lowest BCUT2D eigenvalue weighted by molar-refractivity contribution is -0.144. The van der Waals surface area contributed by atoms with E-state index in [9.17, 15) is 9.59 Å². The zero-order valence-corrected chi connectivity index (χ0v) is 18.5. The lowest BCUT2D eigenvalue weighted by Gasteiger charge is -2.37. The molecule has 1 saturated carbocycles. The molecule has 4 heteroatoms. The van der Waals surface area contributed by atoms with Gasteiger partial charge in [-0.2, -0.15) is 0 Å². The van der Waals surface area contributed by atoms with Gasteiger partial charge in [-0.25, -0.2) is 4.79 Å². The van der Waals surface area contributed by atoms with Crippen LogP contribution in [0.1, 0.15) is 68.4 Å². The molecule has 1 N–H and O–H groups in total. The lowest BCUT2D eigenvalue weighted by atomic mass is 9.72. The van der Waals surface area contributed by atoms with Crippen LogP contribution in [-0.4, -0.2) is 17.9 Å². The number of benzene rings is 2. The molecule has 0 amide bonds. The van der Waals surface area contributed by atoms with E-state index in [0.717, 1.165) is 54.6 Å². The van der Waals surface area contributed by atoms with Gasteiger partial charge in [0.15, 0.2) is 5.78 Å². The Morgan fingerprint density at radius 2 is 1.53 bits per heavy atom. The molecule has 2 atom stereocenters. The lowest BCUT2D eigenvalue weighted by Crippen LogP contribution is -2.36. The molecule has 3 aliphatic rings. The van der Waals surface area contributed by atoms with Crippen molar-refractivity contribution in [3.8, 4) is 0 Å². The van der Waals surface area contributed by atoms with E-state index in [0.29, 0.717) is 12.0 Å². The summed E-state index contributed by atoms with van der Waals surface area (Å²) in [4.78, 5) is 26.9. The van der Waals surface area contributed by atoms with Crippen LogP contribution >= 0.6 is 0 Å². The van der Waals surface area contributed by atoms with Crippen LogP contribution in [0.3, 0.4) is 0 Å². The van der Waals surface area contributed by atoms with E-state index < -0.39 is 0 Å². The smallest absolute Gasteiger partial charge is 0.337 e. The van der Waals surface area contributed by atoms with Crippen LogP contribution in [0, 0.1) is 0 Å². The predicted octanol–water partition coefficient (Wildman–Crippen LogP) is 5.53. The number of dihydropyridines is 1. The Morgan fingerprint density at radius 1 is 0.906 bits per heavy atom. The fraction of sp³-hybridized carbons (Fsp3) is 0.357. The number of carbonyl (C=O) groups is 2. The first kappa shape index (κ1) is 20.7. The van der Waals surface area contributed by atoms with Gasteiger partial charge in [0.25, 0.3) is 0 Å². The van der Waals surface area contributed by atoms with Gasteiger partial charge in [-0.15, -0.1) is 0 Å². The Bertz CT molecular complexity index is 1080. The topological polar surface area (TPSA) is 55.4 Å². The van der Waals surface area contributed by atoms with Crippen molar-refractivity contribution in [2.24, 2.45) is 0 Å². The van der Waals surface area contributed by atoms with E-state index in [4.69, 9.17) is 4.74 Å². The van der Waals surface area contributed by atoms with Crippen LogP contribution in [0.15, 0.2) is 83.2 Å². The second kappa shape index (κ2) is 8.78. The second-order valence-corrected chi connectivity index (χ2v) is 9.15. The summed E-state index contributed by atoms with van der Waals surface area (Å²) in [6, 6.07) is 20.1. The van der Waals surface area contributed by atoms with E-state index in [-0.39, 0.29) is 29.7 Å². The van der Waals surface area contributed by atoms with Gasteiger partial charge >= 0.3 is 5.97 Å². The van der Waals surface area contributed by atoms with E-state index in [1.54, 1.807) is 0 Å². The van der Waals surface area contributed by atoms with E-state index in [1.165, 1.54) is 5.56 Å². The molecule has 0 saturated heterocycles. The summed E-state index contributed by atoms with van der Waals surface area (Å²) in [6.45, 7) is 1.93. The molecule has 4 nitrogen and oxygen atoms in total. The average molecular weight is 428 g/mol. The van der Waals surface area contributed by atoms with Crippen LogP contribution < -0.4 is 5.32 Å². The molecular formula is C28H29NO3. The summed E-state index contributed by atoms with van der Waals surface area (Å²) < 4.78 is 5.91. The average Bonchev–Trinajstić information content (AvgIpc) is 3.32. The Hall–Kier alpha value is -3.14. The molecule has 1 fully saturated rings. The van der Waals surface area contributed by atoms with Crippen molar-refractivity contribution in [1.82, 2.24) is 5.32 Å². The van der Waals surface area contributed by atoms with Crippen LogP contribution in [0.4, 0.5) is 0 Å². The Morgan fingerprint density at radius 3 is 2.19 bits per heavy atom. The maximum atomic E-state index is 13.5. The third-order valence-electron chi connectivity index (χ3n) is 7.03. The highest BCUT2D eigenvalue weighted by atomic mass is 16.5. The van der Waals surface area contributed by atoms with Gasteiger partial charge in [-0.1, -0.05) is 60.7 Å². The zero-order chi connectivity index (χ0) is 22.1. The van der Waals surface area contributed by atoms with Crippen molar-refractivity contribution in [2.75, 3.05) is 0 Å². The third-order valence-corrected chi connectivity index (χ3v) is 7.03. The molecule has 1 aliphatic heterocycles. The molecule has 2 aromatic rings. The van der Waals surface area contributed by atoms with Crippen LogP contribution in [0.5, 0.6) is 0 Å². The van der Waals surface area contributed by atoms with Crippen molar-refractivity contribution in [3.63, 3.8) is 0 Å². The van der Waals surface area contributed by atoms with Gasteiger partial charge in [0.1, 0.15) is 6.10 Å². The molecule has 164 valence electrons.